The summed E-state index contributed by atoms with van der Waals surface area (Å²) in [4.78, 5) is 32.8. The second kappa shape index (κ2) is 8.82. The first-order chi connectivity index (χ1) is 12.8. The summed E-state index contributed by atoms with van der Waals surface area (Å²) in [5, 5.41) is 1.07. The Bertz CT molecular complexity index is 782. The van der Waals surface area contributed by atoms with Crippen molar-refractivity contribution >= 4 is 23.2 Å². The van der Waals surface area contributed by atoms with Crippen molar-refractivity contribution in [3.8, 4) is 0 Å². The summed E-state index contributed by atoms with van der Waals surface area (Å²) in [7, 11) is 0. The van der Waals surface area contributed by atoms with Gasteiger partial charge in [0.25, 0.3) is 0 Å². The Balaban J connectivity index is 2.33. The Labute approximate surface area is 161 Å². The molecular weight excluding hydrogens is 340 g/mol. The molecule has 0 bridgehead atoms. The molecular formula is C22H28N2O3. The van der Waals surface area contributed by atoms with E-state index in [1.54, 1.807) is 31.2 Å². The van der Waals surface area contributed by atoms with Crippen LogP contribution in [-0.4, -0.2) is 25.0 Å². The van der Waals surface area contributed by atoms with Gasteiger partial charge in [0.15, 0.2) is 0 Å². The van der Waals surface area contributed by atoms with Crippen molar-refractivity contribution in [2.75, 3.05) is 23.1 Å². The van der Waals surface area contributed by atoms with Gasteiger partial charge in [0.05, 0.1) is 12.3 Å². The molecule has 2 aromatic carbocycles. The van der Waals surface area contributed by atoms with Crippen LogP contribution in [0.1, 0.15) is 40.2 Å². The fourth-order valence-electron chi connectivity index (χ4n) is 2.73. The molecule has 0 radical (unpaired) electrons. The molecule has 2 rings (SSSR count). The third-order valence-electron chi connectivity index (χ3n) is 4.20. The van der Waals surface area contributed by atoms with Gasteiger partial charge in [-0.15, -0.1) is 0 Å². The predicted molar refractivity (Wildman–Crippen MR) is 109 cm³/mol. The lowest BCUT2D eigenvalue weighted by atomic mass is 9.87. The molecule has 2 aromatic rings. The van der Waals surface area contributed by atoms with Crippen LogP contribution in [0.2, 0.25) is 0 Å². The van der Waals surface area contributed by atoms with Crippen LogP contribution in [-0.2, 0) is 19.8 Å². The number of hydrogen-bond acceptors (Lipinski definition) is 3. The second-order valence-corrected chi connectivity index (χ2v) is 7.20. The number of para-hydroxylation sites is 1. The fourth-order valence-corrected chi connectivity index (χ4v) is 2.73. The van der Waals surface area contributed by atoms with Crippen molar-refractivity contribution in [1.82, 2.24) is 0 Å². The molecule has 27 heavy (non-hydrogen) atoms. The molecule has 0 aliphatic rings. The summed E-state index contributed by atoms with van der Waals surface area (Å²) < 4.78 is 0. The average molecular weight is 368 g/mol. The number of anilines is 2. The minimum atomic E-state index is -0.717. The zero-order valence-electron chi connectivity index (χ0n) is 16.7. The highest BCUT2D eigenvalue weighted by Gasteiger charge is 2.29. The number of benzene rings is 2. The molecule has 5 nitrogen and oxygen atoms in total. The molecule has 0 spiro atoms. The van der Waals surface area contributed by atoms with Gasteiger partial charge in [0.2, 0.25) is 0 Å². The normalized spacial score (nSPS) is 11.1. The van der Waals surface area contributed by atoms with Gasteiger partial charge in [-0.3, -0.25) is 14.4 Å². The summed E-state index contributed by atoms with van der Waals surface area (Å²) in [6, 6.07) is 16.6. The number of likely N-dealkylation sites (N-methyl/N-ethyl adjacent to an activating group) is 1. The van der Waals surface area contributed by atoms with E-state index in [9.17, 15) is 9.59 Å². The first-order valence-electron chi connectivity index (χ1n) is 9.24. The highest BCUT2D eigenvalue weighted by Crippen LogP contribution is 2.27. The van der Waals surface area contributed by atoms with Crippen LogP contribution in [0.15, 0.2) is 54.6 Å². The topological polar surface area (TPSA) is 49.9 Å². The molecule has 2 amide bonds. The van der Waals surface area contributed by atoms with Crippen LogP contribution >= 0.6 is 0 Å². The first-order valence-corrected chi connectivity index (χ1v) is 9.24. The van der Waals surface area contributed by atoms with Crippen molar-refractivity contribution in [2.24, 2.45) is 0 Å². The Morgan fingerprint density at radius 3 is 2.07 bits per heavy atom. The molecule has 0 aromatic heterocycles. The minimum absolute atomic E-state index is 0.0517. The van der Waals surface area contributed by atoms with Gasteiger partial charge in [-0.1, -0.05) is 51.1 Å². The number of hydrogen-bond donors (Lipinski definition) is 0. The second-order valence-electron chi connectivity index (χ2n) is 7.20. The zero-order chi connectivity index (χ0) is 20.0. The zero-order valence-corrected chi connectivity index (χ0v) is 16.7. The van der Waals surface area contributed by atoms with Gasteiger partial charge in [-0.25, -0.2) is 0 Å². The Morgan fingerprint density at radius 1 is 0.889 bits per heavy atom. The van der Waals surface area contributed by atoms with Crippen LogP contribution in [0.3, 0.4) is 0 Å². The van der Waals surface area contributed by atoms with Crippen LogP contribution in [0.4, 0.5) is 11.4 Å². The Hall–Kier alpha value is -2.66. The van der Waals surface area contributed by atoms with Gasteiger partial charge in [-0.05, 0) is 49.1 Å². The molecule has 0 heterocycles. The van der Waals surface area contributed by atoms with Crippen LogP contribution < -0.4 is 9.96 Å². The quantitative estimate of drug-likeness (QED) is 0.583. The van der Waals surface area contributed by atoms with Crippen LogP contribution in [0, 0.1) is 0 Å². The largest absolute Gasteiger partial charge is 0.340 e. The van der Waals surface area contributed by atoms with Crippen LogP contribution in [0.25, 0.3) is 0 Å². The number of amides is 2. The maximum absolute atomic E-state index is 13.0. The molecule has 0 unspecified atom stereocenters. The molecule has 0 saturated carbocycles. The number of nitrogens with zero attached hydrogens (tertiary/aromatic N) is 2. The van der Waals surface area contributed by atoms with Crippen LogP contribution in [0.5, 0.6) is 0 Å². The van der Waals surface area contributed by atoms with Gasteiger partial charge < -0.3 is 4.90 Å². The standard InChI is InChI=1S/C22H28N2O3/c1-6-23(19-15-11-12-17(16-19)22(3,4)5)20(25)21(26)24(27-7-2)18-13-9-8-10-14-18/h8-16H,6-7H2,1-5H3. The Kier molecular flexibility index (Phi) is 6.75. The van der Waals surface area contributed by atoms with Crippen molar-refractivity contribution in [2.45, 2.75) is 40.0 Å². The Morgan fingerprint density at radius 2 is 1.52 bits per heavy atom. The number of carbonyl (C=O) groups excluding carboxylic acids is 2. The number of carbonyl (C=O) groups is 2. The number of rotatable bonds is 5. The van der Waals surface area contributed by atoms with Crippen molar-refractivity contribution in [1.29, 1.82) is 0 Å². The monoisotopic (exact) mass is 368 g/mol. The lowest BCUT2D eigenvalue weighted by molar-refractivity contribution is -0.140. The predicted octanol–water partition coefficient (Wildman–Crippen LogP) is 4.32. The lowest BCUT2D eigenvalue weighted by Crippen LogP contribution is -2.45. The average Bonchev–Trinajstić information content (AvgIpc) is 2.66. The smallest absolute Gasteiger partial charge is 0.304 e. The summed E-state index contributed by atoms with van der Waals surface area (Å²) in [5.74, 6) is -1.34. The van der Waals surface area contributed by atoms with Crippen molar-refractivity contribution in [3.05, 3.63) is 60.2 Å². The maximum Gasteiger partial charge on any atom is 0.340 e. The summed E-state index contributed by atoms with van der Waals surface area (Å²) in [6.45, 7) is 10.6. The van der Waals surface area contributed by atoms with E-state index >= 15 is 0 Å². The summed E-state index contributed by atoms with van der Waals surface area (Å²) in [5.41, 5.74) is 2.28. The molecule has 0 fully saturated rings. The third-order valence-corrected chi connectivity index (χ3v) is 4.20. The molecule has 5 heteroatoms. The van der Waals surface area contributed by atoms with Gasteiger partial charge in [0, 0.05) is 12.2 Å². The van der Waals surface area contributed by atoms with E-state index in [-0.39, 0.29) is 12.0 Å². The molecule has 0 N–H and O–H groups in total. The van der Waals surface area contributed by atoms with Gasteiger partial charge >= 0.3 is 11.8 Å². The molecule has 144 valence electrons. The molecule has 0 aliphatic carbocycles. The lowest BCUT2D eigenvalue weighted by Gasteiger charge is -2.27. The van der Waals surface area contributed by atoms with E-state index < -0.39 is 11.8 Å². The summed E-state index contributed by atoms with van der Waals surface area (Å²) >= 11 is 0. The minimum Gasteiger partial charge on any atom is -0.304 e. The molecule has 0 saturated heterocycles. The molecule has 0 atom stereocenters. The van der Waals surface area contributed by atoms with E-state index in [4.69, 9.17) is 4.84 Å². The van der Waals surface area contributed by atoms with E-state index in [0.29, 0.717) is 17.9 Å². The maximum atomic E-state index is 13.0. The third kappa shape index (κ3) is 4.95. The number of hydroxylamine groups is 1. The van der Waals surface area contributed by atoms with Crippen molar-refractivity contribution in [3.63, 3.8) is 0 Å². The van der Waals surface area contributed by atoms with E-state index in [0.717, 1.165) is 10.6 Å². The van der Waals surface area contributed by atoms with Gasteiger partial charge in [0.1, 0.15) is 0 Å². The van der Waals surface area contributed by atoms with E-state index in [2.05, 4.69) is 20.8 Å². The first kappa shape index (κ1) is 20.6. The fraction of sp³-hybridized carbons (Fsp3) is 0.364. The molecule has 0 aliphatic heterocycles. The van der Waals surface area contributed by atoms with E-state index in [1.165, 1.54) is 4.90 Å². The van der Waals surface area contributed by atoms with Gasteiger partial charge in [-0.2, -0.15) is 5.06 Å². The summed E-state index contributed by atoms with van der Waals surface area (Å²) in [6.07, 6.45) is 0. The van der Waals surface area contributed by atoms with Crippen molar-refractivity contribution < 1.29 is 14.4 Å². The highest BCUT2D eigenvalue weighted by molar-refractivity contribution is 6.44. The highest BCUT2D eigenvalue weighted by atomic mass is 16.7. The SMILES string of the molecule is CCON(C(=O)C(=O)N(CC)c1cccc(C(C)(C)C)c1)c1ccccc1. The van der Waals surface area contributed by atoms with E-state index in [1.807, 2.05) is 37.3 Å².